The van der Waals surface area contributed by atoms with Gasteiger partial charge < -0.3 is 20.7 Å². The first-order chi connectivity index (χ1) is 11.5. The molecule has 0 aromatic rings. The minimum Gasteiger partial charge on any atom is -0.385 e. The molecule has 1 aliphatic rings. The molecule has 1 rings (SSSR count). The van der Waals surface area contributed by atoms with E-state index in [1.807, 2.05) is 6.92 Å². The monoisotopic (exact) mass is 340 g/mol. The molecule has 1 aliphatic carbocycles. The van der Waals surface area contributed by atoms with Gasteiger partial charge in [-0.3, -0.25) is 9.79 Å². The summed E-state index contributed by atoms with van der Waals surface area (Å²) in [4.78, 5) is 16.6. The predicted octanol–water partition coefficient (Wildman–Crippen LogP) is 2.05. The number of amides is 1. The fourth-order valence-corrected chi connectivity index (χ4v) is 2.81. The van der Waals surface area contributed by atoms with Crippen molar-refractivity contribution in [1.82, 2.24) is 16.0 Å². The molecule has 0 aromatic carbocycles. The Morgan fingerprint density at radius 1 is 1.29 bits per heavy atom. The number of hydrogen-bond acceptors (Lipinski definition) is 3. The zero-order valence-corrected chi connectivity index (χ0v) is 15.9. The van der Waals surface area contributed by atoms with E-state index in [4.69, 9.17) is 9.73 Å². The summed E-state index contributed by atoms with van der Waals surface area (Å²) >= 11 is 0. The summed E-state index contributed by atoms with van der Waals surface area (Å²) in [5.41, 5.74) is 0.312. The Morgan fingerprint density at radius 3 is 2.58 bits per heavy atom. The first-order valence-electron chi connectivity index (χ1n) is 9.35. The molecule has 0 aliphatic heterocycles. The van der Waals surface area contributed by atoms with E-state index < -0.39 is 0 Å². The van der Waals surface area contributed by atoms with Gasteiger partial charge in [-0.05, 0) is 44.9 Å². The minimum atomic E-state index is 0.0863. The summed E-state index contributed by atoms with van der Waals surface area (Å²) in [5, 5.41) is 9.51. The van der Waals surface area contributed by atoms with E-state index in [1.54, 1.807) is 7.11 Å². The largest absolute Gasteiger partial charge is 0.385 e. The van der Waals surface area contributed by atoms with Crippen LogP contribution in [0.1, 0.15) is 59.3 Å². The molecule has 0 heterocycles. The maximum absolute atomic E-state index is 11.8. The van der Waals surface area contributed by atoms with Crippen molar-refractivity contribution in [1.29, 1.82) is 0 Å². The molecule has 0 bridgehead atoms. The van der Waals surface area contributed by atoms with Gasteiger partial charge in [0.25, 0.3) is 0 Å². The Labute approximate surface area is 147 Å². The van der Waals surface area contributed by atoms with E-state index in [9.17, 15) is 4.79 Å². The minimum absolute atomic E-state index is 0.0863. The molecule has 6 nitrogen and oxygen atoms in total. The highest BCUT2D eigenvalue weighted by Crippen LogP contribution is 2.44. The summed E-state index contributed by atoms with van der Waals surface area (Å²) in [7, 11) is 1.76. The van der Waals surface area contributed by atoms with Gasteiger partial charge in [-0.2, -0.15) is 0 Å². The molecule has 0 spiro atoms. The Bertz CT molecular complexity index is 394. The van der Waals surface area contributed by atoms with Gasteiger partial charge in [-0.15, -0.1) is 0 Å². The third kappa shape index (κ3) is 7.51. The normalized spacial score (nSPS) is 17.8. The van der Waals surface area contributed by atoms with E-state index in [0.29, 0.717) is 18.4 Å². The second-order valence-corrected chi connectivity index (χ2v) is 6.85. The fraction of sp³-hybridized carbons (Fsp3) is 0.889. The van der Waals surface area contributed by atoms with Crippen molar-refractivity contribution in [2.75, 3.05) is 33.4 Å². The van der Waals surface area contributed by atoms with Crippen LogP contribution in [0, 0.1) is 5.41 Å². The van der Waals surface area contributed by atoms with Crippen LogP contribution in [0.15, 0.2) is 4.99 Å². The molecular formula is C18H36N4O2. The van der Waals surface area contributed by atoms with Gasteiger partial charge in [0, 0.05) is 45.8 Å². The van der Waals surface area contributed by atoms with Gasteiger partial charge >= 0.3 is 0 Å². The Hall–Kier alpha value is -1.30. The maximum atomic E-state index is 11.8. The molecule has 140 valence electrons. The molecule has 3 N–H and O–H groups in total. The number of nitrogens with one attached hydrogen (secondary N) is 3. The Kier molecular flexibility index (Phi) is 9.76. The number of guanidine groups is 1. The lowest BCUT2D eigenvalue weighted by Crippen LogP contribution is -2.42. The molecule has 0 aromatic heterocycles. The molecule has 24 heavy (non-hydrogen) atoms. The quantitative estimate of drug-likeness (QED) is 0.397. The van der Waals surface area contributed by atoms with Crippen LogP contribution < -0.4 is 16.0 Å². The maximum Gasteiger partial charge on any atom is 0.221 e. The first kappa shape index (κ1) is 20.7. The SMILES string of the molecule is CCNC(=NCC1(CCOC)CCC1)NCCC(=O)NC(C)CC. The van der Waals surface area contributed by atoms with E-state index in [2.05, 4.69) is 29.8 Å². The van der Waals surface area contributed by atoms with E-state index in [-0.39, 0.29) is 11.9 Å². The molecule has 0 radical (unpaired) electrons. The van der Waals surface area contributed by atoms with Crippen LogP contribution in [0.2, 0.25) is 0 Å². The summed E-state index contributed by atoms with van der Waals surface area (Å²) in [5.74, 6) is 0.890. The summed E-state index contributed by atoms with van der Waals surface area (Å²) < 4.78 is 5.24. The van der Waals surface area contributed by atoms with Crippen LogP contribution in [-0.4, -0.2) is 51.3 Å². The number of aliphatic imine (C=N–C) groups is 1. The third-order valence-electron chi connectivity index (χ3n) is 4.83. The van der Waals surface area contributed by atoms with Crippen LogP contribution in [0.5, 0.6) is 0 Å². The topological polar surface area (TPSA) is 74.8 Å². The van der Waals surface area contributed by atoms with Gasteiger partial charge in [-0.25, -0.2) is 0 Å². The smallest absolute Gasteiger partial charge is 0.221 e. The lowest BCUT2D eigenvalue weighted by molar-refractivity contribution is -0.121. The highest BCUT2D eigenvalue weighted by atomic mass is 16.5. The van der Waals surface area contributed by atoms with Gasteiger partial charge in [0.2, 0.25) is 5.91 Å². The average molecular weight is 341 g/mol. The second kappa shape index (κ2) is 11.3. The van der Waals surface area contributed by atoms with E-state index >= 15 is 0 Å². The highest BCUT2D eigenvalue weighted by molar-refractivity contribution is 5.81. The zero-order valence-electron chi connectivity index (χ0n) is 15.9. The summed E-state index contributed by atoms with van der Waals surface area (Å²) in [6, 6.07) is 0.235. The number of nitrogens with zero attached hydrogens (tertiary/aromatic N) is 1. The van der Waals surface area contributed by atoms with E-state index in [1.165, 1.54) is 19.3 Å². The van der Waals surface area contributed by atoms with Crippen LogP contribution in [0.3, 0.4) is 0 Å². The number of rotatable bonds is 11. The number of ether oxygens (including phenoxy) is 1. The third-order valence-corrected chi connectivity index (χ3v) is 4.83. The average Bonchev–Trinajstić information content (AvgIpc) is 2.53. The molecule has 1 atom stereocenters. The second-order valence-electron chi connectivity index (χ2n) is 6.85. The van der Waals surface area contributed by atoms with Crippen molar-refractivity contribution in [2.45, 2.75) is 65.3 Å². The van der Waals surface area contributed by atoms with Crippen molar-refractivity contribution < 1.29 is 9.53 Å². The summed E-state index contributed by atoms with van der Waals surface area (Å²) in [6.07, 6.45) is 6.24. The lowest BCUT2D eigenvalue weighted by Gasteiger charge is -2.40. The number of hydrogen-bond donors (Lipinski definition) is 3. The standard InChI is InChI=1S/C18H36N4O2/c1-5-15(3)22-16(23)8-12-20-17(19-6-2)21-14-18(9-7-10-18)11-13-24-4/h15H,5-14H2,1-4H3,(H,22,23)(H2,19,20,21). The van der Waals surface area contributed by atoms with Crippen molar-refractivity contribution in [2.24, 2.45) is 10.4 Å². The first-order valence-corrected chi connectivity index (χ1v) is 9.35. The molecule has 1 fully saturated rings. The number of methoxy groups -OCH3 is 1. The van der Waals surface area contributed by atoms with Crippen molar-refractivity contribution >= 4 is 11.9 Å². The van der Waals surface area contributed by atoms with Gasteiger partial charge in [0.05, 0.1) is 0 Å². The number of carbonyl (C=O) groups is 1. The summed E-state index contributed by atoms with van der Waals surface area (Å²) in [6.45, 7) is 9.18. The Balaban J connectivity index is 2.40. The highest BCUT2D eigenvalue weighted by Gasteiger charge is 2.36. The molecule has 1 unspecified atom stereocenters. The number of carbonyl (C=O) groups excluding carboxylic acids is 1. The van der Waals surface area contributed by atoms with Crippen LogP contribution in [0.4, 0.5) is 0 Å². The fourth-order valence-electron chi connectivity index (χ4n) is 2.81. The molecule has 1 saturated carbocycles. The van der Waals surface area contributed by atoms with Gasteiger partial charge in [-0.1, -0.05) is 13.3 Å². The zero-order chi connectivity index (χ0) is 17.8. The Morgan fingerprint density at radius 2 is 2.04 bits per heavy atom. The van der Waals surface area contributed by atoms with Crippen molar-refractivity contribution in [3.63, 3.8) is 0 Å². The lowest BCUT2D eigenvalue weighted by atomic mass is 9.67. The van der Waals surface area contributed by atoms with Crippen molar-refractivity contribution in [3.05, 3.63) is 0 Å². The molecule has 6 heteroatoms. The van der Waals surface area contributed by atoms with Gasteiger partial charge in [0.1, 0.15) is 0 Å². The predicted molar refractivity (Wildman–Crippen MR) is 99.3 cm³/mol. The molecule has 1 amide bonds. The van der Waals surface area contributed by atoms with Crippen LogP contribution >= 0.6 is 0 Å². The van der Waals surface area contributed by atoms with Crippen LogP contribution in [-0.2, 0) is 9.53 Å². The van der Waals surface area contributed by atoms with Crippen molar-refractivity contribution in [3.8, 4) is 0 Å². The van der Waals surface area contributed by atoms with Gasteiger partial charge in [0.15, 0.2) is 5.96 Å². The van der Waals surface area contributed by atoms with E-state index in [0.717, 1.165) is 38.5 Å². The van der Waals surface area contributed by atoms with Crippen LogP contribution in [0.25, 0.3) is 0 Å². The molecule has 0 saturated heterocycles. The molecular weight excluding hydrogens is 304 g/mol.